The van der Waals surface area contributed by atoms with Crippen molar-refractivity contribution in [1.82, 2.24) is 9.88 Å². The van der Waals surface area contributed by atoms with Gasteiger partial charge >= 0.3 is 0 Å². The molecule has 5 rings (SSSR count). The normalized spacial score (nSPS) is 14.7. The monoisotopic (exact) mass is 435 g/mol. The van der Waals surface area contributed by atoms with E-state index in [-0.39, 0.29) is 5.91 Å². The molecular weight excluding hydrogens is 410 g/mol. The van der Waals surface area contributed by atoms with Gasteiger partial charge in [0.1, 0.15) is 0 Å². The third kappa shape index (κ3) is 3.53. The van der Waals surface area contributed by atoms with Crippen molar-refractivity contribution in [2.75, 3.05) is 38.2 Å². The third-order valence-electron chi connectivity index (χ3n) is 5.84. The molecule has 0 unspecified atom stereocenters. The number of hydrogen-bond acceptors (Lipinski definition) is 6. The summed E-state index contributed by atoms with van der Waals surface area (Å²) in [5.41, 5.74) is 3.00. The zero-order valence-electron chi connectivity index (χ0n) is 17.9. The molecule has 31 heavy (non-hydrogen) atoms. The molecule has 7 heteroatoms. The van der Waals surface area contributed by atoms with Crippen LogP contribution in [-0.4, -0.2) is 49.1 Å². The molecule has 0 N–H and O–H groups in total. The number of amides is 1. The summed E-state index contributed by atoms with van der Waals surface area (Å²) in [4.78, 5) is 22.1. The van der Waals surface area contributed by atoms with E-state index in [1.54, 1.807) is 24.5 Å². The number of furan rings is 1. The number of rotatable bonds is 4. The second-order valence-electron chi connectivity index (χ2n) is 8.11. The summed E-state index contributed by atoms with van der Waals surface area (Å²) in [5.74, 6) is 1.35. The predicted octanol–water partition coefficient (Wildman–Crippen LogP) is 5.14. The van der Waals surface area contributed by atoms with Crippen LogP contribution in [0.3, 0.4) is 0 Å². The van der Waals surface area contributed by atoms with Crippen molar-refractivity contribution in [2.24, 2.45) is 0 Å². The van der Waals surface area contributed by atoms with E-state index >= 15 is 0 Å². The van der Waals surface area contributed by atoms with Crippen molar-refractivity contribution in [2.45, 2.75) is 19.8 Å². The van der Waals surface area contributed by atoms with E-state index in [1.807, 2.05) is 23.1 Å². The van der Waals surface area contributed by atoms with Crippen LogP contribution in [0, 0.1) is 0 Å². The van der Waals surface area contributed by atoms with E-state index in [0.29, 0.717) is 36.1 Å². The second kappa shape index (κ2) is 7.89. The van der Waals surface area contributed by atoms with Crippen molar-refractivity contribution >= 4 is 43.6 Å². The van der Waals surface area contributed by atoms with Gasteiger partial charge in [0.2, 0.25) is 0 Å². The number of hydrogen-bond donors (Lipinski definition) is 0. The van der Waals surface area contributed by atoms with E-state index in [0.717, 1.165) is 29.1 Å². The molecule has 2 aromatic heterocycles. The zero-order valence-corrected chi connectivity index (χ0v) is 18.7. The van der Waals surface area contributed by atoms with Gasteiger partial charge in [-0.3, -0.25) is 4.79 Å². The Bertz CT molecular complexity index is 1250. The Morgan fingerprint density at radius 3 is 2.65 bits per heavy atom. The molecule has 1 saturated heterocycles. The van der Waals surface area contributed by atoms with Crippen LogP contribution < -0.4 is 9.64 Å². The average molecular weight is 436 g/mol. The zero-order chi connectivity index (χ0) is 21.5. The highest BCUT2D eigenvalue weighted by Gasteiger charge is 2.26. The van der Waals surface area contributed by atoms with Crippen LogP contribution in [0.25, 0.3) is 21.2 Å². The molecule has 0 saturated carbocycles. The number of para-hydroxylation sites is 2. The molecule has 2 aromatic carbocycles. The quantitative estimate of drug-likeness (QED) is 0.444. The van der Waals surface area contributed by atoms with E-state index in [1.165, 1.54) is 10.3 Å². The molecule has 0 aliphatic carbocycles. The molecule has 6 nitrogen and oxygen atoms in total. The maximum Gasteiger partial charge on any atom is 0.289 e. The number of anilines is 1. The Labute approximate surface area is 185 Å². The first-order chi connectivity index (χ1) is 15.0. The standard InChI is InChI=1S/C24H25N3O3S/c1-15(2)17-7-5-9-20-21(17)25-24(31-20)27-12-10-26(11-13-27)23(28)19-14-16-6-4-8-18(29-3)22(16)30-19/h4-9,14-15H,10-13H2,1-3H3. The van der Waals surface area contributed by atoms with Crippen LogP contribution in [0.1, 0.15) is 35.9 Å². The van der Waals surface area contributed by atoms with Gasteiger partial charge in [-0.15, -0.1) is 0 Å². The van der Waals surface area contributed by atoms with Gasteiger partial charge in [0.15, 0.2) is 22.2 Å². The number of carbonyl (C=O) groups is 1. The molecule has 1 aliphatic rings. The van der Waals surface area contributed by atoms with Crippen molar-refractivity contribution in [3.05, 3.63) is 53.8 Å². The lowest BCUT2D eigenvalue weighted by Gasteiger charge is -2.34. The van der Waals surface area contributed by atoms with Gasteiger partial charge in [0.05, 0.1) is 17.3 Å². The van der Waals surface area contributed by atoms with Gasteiger partial charge in [0.25, 0.3) is 5.91 Å². The SMILES string of the molecule is COc1cccc2cc(C(=O)N3CCN(c4nc5c(C(C)C)cccc5s4)CC3)oc12. The highest BCUT2D eigenvalue weighted by Crippen LogP contribution is 2.34. The molecule has 0 bridgehead atoms. The fourth-order valence-corrected chi connectivity index (χ4v) is 5.17. The van der Waals surface area contributed by atoms with Gasteiger partial charge in [-0.25, -0.2) is 4.98 Å². The van der Waals surface area contributed by atoms with Gasteiger partial charge < -0.3 is 19.0 Å². The highest BCUT2D eigenvalue weighted by molar-refractivity contribution is 7.22. The Hall–Kier alpha value is -3.06. The van der Waals surface area contributed by atoms with E-state index < -0.39 is 0 Å². The van der Waals surface area contributed by atoms with Crippen LogP contribution in [0.5, 0.6) is 5.75 Å². The topological polar surface area (TPSA) is 58.8 Å². The van der Waals surface area contributed by atoms with E-state index in [4.69, 9.17) is 14.1 Å². The van der Waals surface area contributed by atoms with Crippen molar-refractivity contribution in [1.29, 1.82) is 0 Å². The molecule has 160 valence electrons. The number of carbonyl (C=O) groups excluding carboxylic acids is 1. The molecule has 0 spiro atoms. The van der Waals surface area contributed by atoms with E-state index in [2.05, 4.69) is 36.9 Å². The Balaban J connectivity index is 1.32. The molecule has 0 radical (unpaired) electrons. The lowest BCUT2D eigenvalue weighted by Crippen LogP contribution is -2.48. The Morgan fingerprint density at radius 1 is 1.13 bits per heavy atom. The molecule has 1 fully saturated rings. The number of aromatic nitrogens is 1. The number of methoxy groups -OCH3 is 1. The molecule has 1 amide bonds. The lowest BCUT2D eigenvalue weighted by molar-refractivity contribution is 0.0717. The lowest BCUT2D eigenvalue weighted by atomic mass is 10.0. The number of thiazole rings is 1. The summed E-state index contributed by atoms with van der Waals surface area (Å²) in [6, 6.07) is 13.9. The van der Waals surface area contributed by atoms with Crippen LogP contribution >= 0.6 is 11.3 Å². The molecule has 3 heterocycles. The first-order valence-electron chi connectivity index (χ1n) is 10.6. The first-order valence-corrected chi connectivity index (χ1v) is 11.4. The summed E-state index contributed by atoms with van der Waals surface area (Å²) in [6.07, 6.45) is 0. The maximum absolute atomic E-state index is 13.0. The van der Waals surface area contributed by atoms with Crippen LogP contribution in [-0.2, 0) is 0 Å². The Kier molecular flexibility index (Phi) is 5.06. The maximum atomic E-state index is 13.0. The minimum absolute atomic E-state index is 0.0794. The third-order valence-corrected chi connectivity index (χ3v) is 6.92. The minimum atomic E-state index is -0.0794. The number of ether oxygens (including phenoxy) is 1. The highest BCUT2D eigenvalue weighted by atomic mass is 32.1. The van der Waals surface area contributed by atoms with Crippen molar-refractivity contribution < 1.29 is 13.9 Å². The fourth-order valence-electron chi connectivity index (χ4n) is 4.12. The number of nitrogens with zero attached hydrogens (tertiary/aromatic N) is 3. The predicted molar refractivity (Wildman–Crippen MR) is 125 cm³/mol. The average Bonchev–Trinajstić information content (AvgIpc) is 3.42. The van der Waals surface area contributed by atoms with Crippen LogP contribution in [0.2, 0.25) is 0 Å². The number of fused-ring (bicyclic) bond motifs is 2. The number of benzene rings is 2. The largest absolute Gasteiger partial charge is 0.493 e. The van der Waals surface area contributed by atoms with Crippen LogP contribution in [0.15, 0.2) is 46.9 Å². The summed E-state index contributed by atoms with van der Waals surface area (Å²) < 4.78 is 12.4. The Morgan fingerprint density at radius 2 is 1.90 bits per heavy atom. The smallest absolute Gasteiger partial charge is 0.289 e. The fraction of sp³-hybridized carbons (Fsp3) is 0.333. The minimum Gasteiger partial charge on any atom is -0.493 e. The summed E-state index contributed by atoms with van der Waals surface area (Å²) in [6.45, 7) is 7.19. The molecule has 0 atom stereocenters. The van der Waals surface area contributed by atoms with Gasteiger partial charge in [-0.1, -0.05) is 49.4 Å². The van der Waals surface area contributed by atoms with Gasteiger partial charge in [0, 0.05) is 31.6 Å². The summed E-state index contributed by atoms with van der Waals surface area (Å²) in [5, 5.41) is 1.90. The molecule has 4 aromatic rings. The summed E-state index contributed by atoms with van der Waals surface area (Å²) in [7, 11) is 1.60. The van der Waals surface area contributed by atoms with Crippen molar-refractivity contribution in [3.63, 3.8) is 0 Å². The number of piperazine rings is 1. The van der Waals surface area contributed by atoms with Crippen LogP contribution in [0.4, 0.5) is 5.13 Å². The van der Waals surface area contributed by atoms with Gasteiger partial charge in [-0.2, -0.15) is 0 Å². The summed E-state index contributed by atoms with van der Waals surface area (Å²) >= 11 is 1.73. The molecular formula is C24H25N3O3S. The van der Waals surface area contributed by atoms with Crippen molar-refractivity contribution in [3.8, 4) is 5.75 Å². The first kappa shape index (κ1) is 19.9. The van der Waals surface area contributed by atoms with E-state index in [9.17, 15) is 4.79 Å². The second-order valence-corrected chi connectivity index (χ2v) is 9.12. The molecule has 1 aliphatic heterocycles. The van der Waals surface area contributed by atoms with Gasteiger partial charge in [-0.05, 0) is 29.7 Å².